The van der Waals surface area contributed by atoms with Gasteiger partial charge in [-0.1, -0.05) is 12.8 Å². The molecule has 1 saturated heterocycles. The second-order valence-corrected chi connectivity index (χ2v) is 10.1. The molecule has 0 aromatic carbocycles. The van der Waals surface area contributed by atoms with Crippen LogP contribution >= 0.6 is 0 Å². The molecule has 3 heterocycles. The summed E-state index contributed by atoms with van der Waals surface area (Å²) in [6.45, 7) is 0.769. The van der Waals surface area contributed by atoms with E-state index in [4.69, 9.17) is 4.98 Å². The van der Waals surface area contributed by atoms with Crippen LogP contribution in [0, 0.1) is 0 Å². The van der Waals surface area contributed by atoms with Crippen LogP contribution in [0.15, 0.2) is 17.1 Å². The maximum Gasteiger partial charge on any atom is 0.279 e. The second kappa shape index (κ2) is 9.19. The molecule has 2 fully saturated rings. The summed E-state index contributed by atoms with van der Waals surface area (Å²) < 4.78 is 29.5. The van der Waals surface area contributed by atoms with Crippen LogP contribution in [-0.4, -0.2) is 65.2 Å². The predicted octanol–water partition coefficient (Wildman–Crippen LogP) is 0.782. The Morgan fingerprint density at radius 3 is 2.55 bits per heavy atom. The van der Waals surface area contributed by atoms with Crippen molar-refractivity contribution >= 4 is 27.2 Å². The quantitative estimate of drug-likeness (QED) is 0.568. The number of aliphatic hydroxyl groups excluding tert-OH is 1. The largest absolute Gasteiger partial charge is 0.396 e. The molecule has 0 radical (unpaired) electrons. The van der Waals surface area contributed by atoms with Gasteiger partial charge in [-0.3, -0.25) is 9.36 Å². The third kappa shape index (κ3) is 4.59. The molecule has 1 aliphatic carbocycles. The molecular weight excluding hydrogens is 420 g/mol. The average Bonchev–Trinajstić information content (AvgIpc) is 3.29. The van der Waals surface area contributed by atoms with Crippen LogP contribution in [0.25, 0.3) is 11.0 Å². The summed E-state index contributed by atoms with van der Waals surface area (Å²) in [5, 5.41) is 13.5. The molecule has 3 N–H and O–H groups in total. The van der Waals surface area contributed by atoms with Gasteiger partial charge >= 0.3 is 0 Å². The Morgan fingerprint density at radius 2 is 1.90 bits per heavy atom. The van der Waals surface area contributed by atoms with Gasteiger partial charge in [0.15, 0.2) is 0 Å². The van der Waals surface area contributed by atoms with Crippen LogP contribution in [0.5, 0.6) is 0 Å². The van der Waals surface area contributed by atoms with E-state index in [2.05, 4.69) is 15.0 Å². The van der Waals surface area contributed by atoms with Crippen molar-refractivity contribution in [3.8, 4) is 0 Å². The minimum atomic E-state index is -3.41. The summed E-state index contributed by atoms with van der Waals surface area (Å²) in [7, 11) is -1.99. The Bertz CT molecular complexity index is 1090. The van der Waals surface area contributed by atoms with E-state index >= 15 is 0 Å². The number of nitrogens with one attached hydrogen (secondary N) is 2. The first kappa shape index (κ1) is 22.1. The standard InChI is InChI=1S/C20H30N6O4S/c1-21-31(29,30)25-9-6-16(7-10-25)23-20-22-13-15-12-14(8-11-27)19(28)26(18(15)24-20)17-4-2-3-5-17/h12-13,16-17,21,27H,2-11H2,1H3,(H,22,23,24). The first-order valence-electron chi connectivity index (χ1n) is 10.9. The summed E-state index contributed by atoms with van der Waals surface area (Å²) >= 11 is 0. The van der Waals surface area contributed by atoms with Gasteiger partial charge in [-0.15, -0.1) is 0 Å². The summed E-state index contributed by atoms with van der Waals surface area (Å²) in [5.74, 6) is 0.448. The molecule has 2 aliphatic rings. The monoisotopic (exact) mass is 450 g/mol. The molecule has 0 unspecified atom stereocenters. The molecule has 170 valence electrons. The van der Waals surface area contributed by atoms with Gasteiger partial charge in [0.1, 0.15) is 5.65 Å². The number of nitrogens with zero attached hydrogens (tertiary/aromatic N) is 4. The van der Waals surface area contributed by atoms with Crippen molar-refractivity contribution in [2.45, 2.75) is 57.0 Å². The smallest absolute Gasteiger partial charge is 0.279 e. The SMILES string of the molecule is CNS(=O)(=O)N1CCC(Nc2ncc3cc(CCO)c(=O)n(C4CCCC4)c3n2)CC1. The minimum Gasteiger partial charge on any atom is -0.396 e. The lowest BCUT2D eigenvalue weighted by Crippen LogP contribution is -2.46. The zero-order valence-electron chi connectivity index (χ0n) is 17.7. The van der Waals surface area contributed by atoms with Crippen LogP contribution in [0.4, 0.5) is 5.95 Å². The van der Waals surface area contributed by atoms with E-state index in [0.29, 0.717) is 49.5 Å². The summed E-state index contributed by atoms with van der Waals surface area (Å²) in [5.41, 5.74) is 1.12. The molecule has 0 bridgehead atoms. The number of aliphatic hydroxyl groups is 1. The van der Waals surface area contributed by atoms with Crippen LogP contribution in [0.3, 0.4) is 0 Å². The molecule has 10 nitrogen and oxygen atoms in total. The number of aromatic nitrogens is 3. The number of fused-ring (bicyclic) bond motifs is 1. The van der Waals surface area contributed by atoms with Gasteiger partial charge < -0.3 is 10.4 Å². The van der Waals surface area contributed by atoms with Crippen LogP contribution in [-0.2, 0) is 16.6 Å². The van der Waals surface area contributed by atoms with Crippen molar-refractivity contribution in [1.82, 2.24) is 23.6 Å². The van der Waals surface area contributed by atoms with Gasteiger partial charge in [0, 0.05) is 62.4 Å². The lowest BCUT2D eigenvalue weighted by molar-refractivity contribution is 0.298. The van der Waals surface area contributed by atoms with Crippen LogP contribution < -0.4 is 15.6 Å². The van der Waals surface area contributed by atoms with E-state index in [0.717, 1.165) is 31.1 Å². The molecule has 0 amide bonds. The van der Waals surface area contributed by atoms with Crippen molar-refractivity contribution in [3.63, 3.8) is 0 Å². The Balaban J connectivity index is 1.60. The number of rotatable bonds is 7. The Hall–Kier alpha value is -2.08. The minimum absolute atomic E-state index is 0.0565. The topological polar surface area (TPSA) is 129 Å². The maximum atomic E-state index is 13.1. The molecule has 2 aromatic heterocycles. The van der Waals surface area contributed by atoms with Crippen molar-refractivity contribution in [3.05, 3.63) is 28.2 Å². The molecule has 1 aliphatic heterocycles. The zero-order chi connectivity index (χ0) is 22.0. The predicted molar refractivity (Wildman–Crippen MR) is 118 cm³/mol. The van der Waals surface area contributed by atoms with Crippen molar-refractivity contribution in [2.75, 3.05) is 32.1 Å². The fourth-order valence-corrected chi connectivity index (χ4v) is 5.55. The molecule has 4 rings (SSSR count). The fraction of sp³-hybridized carbons (Fsp3) is 0.650. The van der Waals surface area contributed by atoms with E-state index in [1.54, 1.807) is 16.8 Å². The maximum absolute atomic E-state index is 13.1. The van der Waals surface area contributed by atoms with Gasteiger partial charge in [0.2, 0.25) is 5.95 Å². The zero-order valence-corrected chi connectivity index (χ0v) is 18.6. The molecule has 11 heteroatoms. The first-order chi connectivity index (χ1) is 14.9. The lowest BCUT2D eigenvalue weighted by atomic mass is 10.1. The van der Waals surface area contributed by atoms with E-state index in [9.17, 15) is 18.3 Å². The molecular formula is C20H30N6O4S. The Kier molecular flexibility index (Phi) is 6.56. The molecule has 0 atom stereocenters. The number of hydrogen-bond acceptors (Lipinski definition) is 7. The van der Waals surface area contributed by atoms with E-state index in [1.807, 2.05) is 0 Å². The first-order valence-corrected chi connectivity index (χ1v) is 12.3. The van der Waals surface area contributed by atoms with Gasteiger partial charge in [0.05, 0.1) is 0 Å². The summed E-state index contributed by atoms with van der Waals surface area (Å²) in [4.78, 5) is 22.3. The van der Waals surface area contributed by atoms with Crippen LogP contribution in [0.2, 0.25) is 0 Å². The number of anilines is 1. The lowest BCUT2D eigenvalue weighted by Gasteiger charge is -2.31. The van der Waals surface area contributed by atoms with E-state index < -0.39 is 10.2 Å². The molecule has 2 aromatic rings. The summed E-state index contributed by atoms with van der Waals surface area (Å²) in [6, 6.07) is 1.96. The van der Waals surface area contributed by atoms with E-state index in [-0.39, 0.29) is 24.2 Å². The van der Waals surface area contributed by atoms with Gasteiger partial charge in [0.25, 0.3) is 15.8 Å². The highest BCUT2D eigenvalue weighted by atomic mass is 32.2. The van der Waals surface area contributed by atoms with Crippen molar-refractivity contribution < 1.29 is 13.5 Å². The highest BCUT2D eigenvalue weighted by Crippen LogP contribution is 2.31. The van der Waals surface area contributed by atoms with Gasteiger partial charge in [-0.2, -0.15) is 17.7 Å². The third-order valence-corrected chi connectivity index (χ3v) is 7.86. The Morgan fingerprint density at radius 1 is 1.19 bits per heavy atom. The number of hydrogen-bond donors (Lipinski definition) is 3. The fourth-order valence-electron chi connectivity index (χ4n) is 4.60. The van der Waals surface area contributed by atoms with Gasteiger partial charge in [-0.25, -0.2) is 9.71 Å². The Labute approximate surface area is 181 Å². The van der Waals surface area contributed by atoms with E-state index in [1.165, 1.54) is 11.4 Å². The number of pyridine rings is 1. The normalized spacial score (nSPS) is 19.3. The molecule has 0 spiro atoms. The molecule has 1 saturated carbocycles. The van der Waals surface area contributed by atoms with Crippen LogP contribution in [0.1, 0.15) is 50.1 Å². The molecule has 31 heavy (non-hydrogen) atoms. The second-order valence-electron chi connectivity index (χ2n) is 8.26. The third-order valence-electron chi connectivity index (χ3n) is 6.30. The average molecular weight is 451 g/mol. The highest BCUT2D eigenvalue weighted by Gasteiger charge is 2.27. The highest BCUT2D eigenvalue weighted by molar-refractivity contribution is 7.87. The van der Waals surface area contributed by atoms with Gasteiger partial charge in [-0.05, 0) is 31.7 Å². The summed E-state index contributed by atoms with van der Waals surface area (Å²) in [6.07, 6.45) is 7.40. The number of piperidine rings is 1. The van der Waals surface area contributed by atoms with Crippen molar-refractivity contribution in [1.29, 1.82) is 0 Å². The van der Waals surface area contributed by atoms with Crippen molar-refractivity contribution in [2.24, 2.45) is 0 Å².